The van der Waals surface area contributed by atoms with Gasteiger partial charge in [0.2, 0.25) is 0 Å². The molecule has 17 heavy (non-hydrogen) atoms. The van der Waals surface area contributed by atoms with Crippen LogP contribution in [0.5, 0.6) is 5.75 Å². The minimum absolute atomic E-state index is 0.368. The Balaban J connectivity index is 1.72. The lowest BCUT2D eigenvalue weighted by atomic mass is 10.2. The summed E-state index contributed by atoms with van der Waals surface area (Å²) >= 11 is 0. The van der Waals surface area contributed by atoms with Crippen LogP contribution in [0.2, 0.25) is 0 Å². The van der Waals surface area contributed by atoms with Gasteiger partial charge in [-0.25, -0.2) is 0 Å². The summed E-state index contributed by atoms with van der Waals surface area (Å²) in [6.45, 7) is 4.41. The van der Waals surface area contributed by atoms with Crippen molar-refractivity contribution in [2.75, 3.05) is 19.7 Å². The van der Waals surface area contributed by atoms with Crippen LogP contribution < -0.4 is 4.74 Å². The molecule has 1 aliphatic heterocycles. The van der Waals surface area contributed by atoms with Crippen LogP contribution in [-0.2, 0) is 0 Å². The first-order valence-electron chi connectivity index (χ1n) is 6.35. The van der Waals surface area contributed by atoms with Gasteiger partial charge >= 0.3 is 0 Å². The van der Waals surface area contributed by atoms with E-state index in [1.165, 1.54) is 12.8 Å². The lowest BCUT2D eigenvalue weighted by Crippen LogP contribution is -2.37. The van der Waals surface area contributed by atoms with E-state index < -0.39 is 6.10 Å². The van der Waals surface area contributed by atoms with E-state index in [1.807, 2.05) is 30.3 Å². The van der Waals surface area contributed by atoms with Crippen molar-refractivity contribution in [3.8, 4) is 5.75 Å². The molecule has 0 bridgehead atoms. The van der Waals surface area contributed by atoms with Crippen molar-refractivity contribution in [3.63, 3.8) is 0 Å². The molecule has 1 N–H and O–H groups in total. The third-order valence-electron chi connectivity index (χ3n) is 3.32. The van der Waals surface area contributed by atoms with E-state index in [9.17, 15) is 5.11 Å². The van der Waals surface area contributed by atoms with Gasteiger partial charge in [0, 0.05) is 12.6 Å². The number of aliphatic hydroxyl groups is 1. The Morgan fingerprint density at radius 1 is 1.41 bits per heavy atom. The van der Waals surface area contributed by atoms with E-state index in [4.69, 9.17) is 4.74 Å². The highest BCUT2D eigenvalue weighted by Gasteiger charge is 2.22. The topological polar surface area (TPSA) is 32.7 Å². The second-order valence-electron chi connectivity index (χ2n) is 4.76. The molecule has 0 aliphatic carbocycles. The average Bonchev–Trinajstić information content (AvgIpc) is 2.74. The lowest BCUT2D eigenvalue weighted by molar-refractivity contribution is 0.0662. The summed E-state index contributed by atoms with van der Waals surface area (Å²) < 4.78 is 5.54. The van der Waals surface area contributed by atoms with Gasteiger partial charge in [0.1, 0.15) is 18.5 Å². The van der Waals surface area contributed by atoms with Crippen molar-refractivity contribution in [2.45, 2.75) is 31.9 Å². The maximum atomic E-state index is 9.92. The molecular weight excluding hydrogens is 214 g/mol. The fraction of sp³-hybridized carbons (Fsp3) is 0.571. The molecule has 0 saturated carbocycles. The van der Waals surface area contributed by atoms with Crippen molar-refractivity contribution in [3.05, 3.63) is 30.3 Å². The van der Waals surface area contributed by atoms with Crippen molar-refractivity contribution in [1.82, 2.24) is 4.90 Å². The summed E-state index contributed by atoms with van der Waals surface area (Å²) in [5.41, 5.74) is 0. The van der Waals surface area contributed by atoms with Crippen LogP contribution in [0.25, 0.3) is 0 Å². The molecule has 1 heterocycles. The Labute approximate surface area is 103 Å². The molecule has 1 fully saturated rings. The standard InChI is InChI=1S/C14H21NO2/c1-12-6-5-9-15(12)10-13(16)11-17-14-7-3-2-4-8-14/h2-4,7-8,12-13,16H,5-6,9-11H2,1H3/t12-,13+/m1/s1. The number of hydrogen-bond donors (Lipinski definition) is 1. The van der Waals surface area contributed by atoms with E-state index in [0.717, 1.165) is 12.3 Å². The first kappa shape index (κ1) is 12.4. The van der Waals surface area contributed by atoms with Crippen LogP contribution in [0.3, 0.4) is 0 Å². The molecule has 0 aromatic heterocycles. The first-order chi connectivity index (χ1) is 8.25. The van der Waals surface area contributed by atoms with Crippen molar-refractivity contribution in [2.24, 2.45) is 0 Å². The van der Waals surface area contributed by atoms with Crippen LogP contribution in [0.4, 0.5) is 0 Å². The SMILES string of the molecule is C[C@@H]1CCCN1C[C@H](O)COc1ccccc1. The Morgan fingerprint density at radius 3 is 2.82 bits per heavy atom. The zero-order valence-electron chi connectivity index (χ0n) is 10.4. The van der Waals surface area contributed by atoms with Gasteiger partial charge in [-0.2, -0.15) is 0 Å². The normalized spacial score (nSPS) is 22.6. The zero-order chi connectivity index (χ0) is 12.1. The van der Waals surface area contributed by atoms with Gasteiger partial charge in [0.05, 0.1) is 0 Å². The molecule has 2 atom stereocenters. The lowest BCUT2D eigenvalue weighted by Gasteiger charge is -2.24. The number of ether oxygens (including phenoxy) is 1. The van der Waals surface area contributed by atoms with E-state index >= 15 is 0 Å². The number of para-hydroxylation sites is 1. The summed E-state index contributed by atoms with van der Waals surface area (Å²) in [5.74, 6) is 0.820. The third-order valence-corrected chi connectivity index (χ3v) is 3.32. The Bertz CT molecular complexity index is 328. The summed E-state index contributed by atoms with van der Waals surface area (Å²) in [7, 11) is 0. The molecule has 0 amide bonds. The predicted octanol–water partition coefficient (Wildman–Crippen LogP) is 1.91. The van der Waals surface area contributed by atoms with Crippen LogP contribution >= 0.6 is 0 Å². The highest BCUT2D eigenvalue weighted by atomic mass is 16.5. The fourth-order valence-electron chi connectivity index (χ4n) is 2.30. The summed E-state index contributed by atoms with van der Waals surface area (Å²) in [6.07, 6.45) is 2.08. The van der Waals surface area contributed by atoms with Gasteiger partial charge in [-0.15, -0.1) is 0 Å². The van der Waals surface area contributed by atoms with E-state index in [1.54, 1.807) is 0 Å². The van der Waals surface area contributed by atoms with Crippen LogP contribution in [-0.4, -0.2) is 41.8 Å². The van der Waals surface area contributed by atoms with Gasteiger partial charge < -0.3 is 9.84 Å². The minimum Gasteiger partial charge on any atom is -0.491 e. The maximum absolute atomic E-state index is 9.92. The van der Waals surface area contributed by atoms with Crippen molar-refractivity contribution >= 4 is 0 Å². The summed E-state index contributed by atoms with van der Waals surface area (Å²) in [5, 5.41) is 9.92. The largest absolute Gasteiger partial charge is 0.491 e. The van der Waals surface area contributed by atoms with Gasteiger partial charge in [-0.3, -0.25) is 4.90 Å². The first-order valence-corrected chi connectivity index (χ1v) is 6.35. The molecule has 1 saturated heterocycles. The number of rotatable bonds is 5. The number of nitrogens with zero attached hydrogens (tertiary/aromatic N) is 1. The number of aliphatic hydroxyl groups excluding tert-OH is 1. The fourth-order valence-corrected chi connectivity index (χ4v) is 2.30. The van der Waals surface area contributed by atoms with Crippen LogP contribution in [0.1, 0.15) is 19.8 Å². The number of likely N-dealkylation sites (tertiary alicyclic amines) is 1. The quantitative estimate of drug-likeness (QED) is 0.846. The predicted molar refractivity (Wildman–Crippen MR) is 68.2 cm³/mol. The monoisotopic (exact) mass is 235 g/mol. The molecule has 94 valence electrons. The minimum atomic E-state index is -0.407. The van der Waals surface area contributed by atoms with E-state index in [2.05, 4.69) is 11.8 Å². The highest BCUT2D eigenvalue weighted by Crippen LogP contribution is 2.16. The van der Waals surface area contributed by atoms with Crippen molar-refractivity contribution in [1.29, 1.82) is 0 Å². The van der Waals surface area contributed by atoms with E-state index in [-0.39, 0.29) is 0 Å². The molecule has 0 spiro atoms. The highest BCUT2D eigenvalue weighted by molar-refractivity contribution is 5.20. The van der Waals surface area contributed by atoms with E-state index in [0.29, 0.717) is 19.2 Å². The van der Waals surface area contributed by atoms with Crippen LogP contribution in [0, 0.1) is 0 Å². The molecule has 1 aromatic rings. The molecule has 3 heteroatoms. The number of benzene rings is 1. The molecule has 1 aliphatic rings. The van der Waals surface area contributed by atoms with Gasteiger partial charge in [0.15, 0.2) is 0 Å². The van der Waals surface area contributed by atoms with Gasteiger partial charge in [-0.1, -0.05) is 18.2 Å². The zero-order valence-corrected chi connectivity index (χ0v) is 10.4. The van der Waals surface area contributed by atoms with Gasteiger partial charge in [0.25, 0.3) is 0 Å². The Morgan fingerprint density at radius 2 is 2.18 bits per heavy atom. The molecule has 2 rings (SSSR count). The van der Waals surface area contributed by atoms with Gasteiger partial charge in [-0.05, 0) is 38.4 Å². The Kier molecular flexibility index (Phi) is 4.40. The number of β-amino-alcohol motifs (C(OH)–C–C–N with tert-alkyl or cyclic N) is 1. The molecule has 0 unspecified atom stereocenters. The number of hydrogen-bond acceptors (Lipinski definition) is 3. The molecule has 0 radical (unpaired) electrons. The van der Waals surface area contributed by atoms with Crippen molar-refractivity contribution < 1.29 is 9.84 Å². The Hall–Kier alpha value is -1.06. The smallest absolute Gasteiger partial charge is 0.119 e. The average molecular weight is 235 g/mol. The maximum Gasteiger partial charge on any atom is 0.119 e. The molecular formula is C14H21NO2. The second-order valence-corrected chi connectivity index (χ2v) is 4.76. The molecule has 3 nitrogen and oxygen atoms in total. The molecule has 1 aromatic carbocycles. The van der Waals surface area contributed by atoms with Crippen LogP contribution in [0.15, 0.2) is 30.3 Å². The summed E-state index contributed by atoms with van der Waals surface area (Å²) in [6, 6.07) is 10.2. The second kappa shape index (κ2) is 6.03. The summed E-state index contributed by atoms with van der Waals surface area (Å²) in [4.78, 5) is 2.33. The third kappa shape index (κ3) is 3.72.